The minimum absolute atomic E-state index is 0.0961. The van der Waals surface area contributed by atoms with Crippen molar-refractivity contribution in [1.82, 2.24) is 15.5 Å². The average Bonchev–Trinajstić information content (AvgIpc) is 3.23. The number of nitrogens with zero attached hydrogens (tertiary/aromatic N) is 2. The molecule has 0 unspecified atom stereocenters. The normalized spacial score (nSPS) is 20.9. The van der Waals surface area contributed by atoms with Crippen molar-refractivity contribution in [3.05, 3.63) is 33.6 Å². The van der Waals surface area contributed by atoms with Crippen LogP contribution in [0, 0.1) is 6.92 Å². The number of hydrogen-bond donors (Lipinski definition) is 2. The maximum atomic E-state index is 12.4. The Labute approximate surface area is 142 Å². The lowest BCUT2D eigenvalue weighted by molar-refractivity contribution is -0.0612. The number of carbonyl (C=O) groups is 1. The van der Waals surface area contributed by atoms with Crippen LogP contribution in [0.2, 0.25) is 0 Å². The maximum absolute atomic E-state index is 12.4. The molecule has 24 heavy (non-hydrogen) atoms. The lowest BCUT2D eigenvalue weighted by Crippen LogP contribution is -2.50. The first-order chi connectivity index (χ1) is 11.7. The smallest absolute Gasteiger partial charge is 0.274 e. The monoisotopic (exact) mass is 353 g/mol. The van der Waals surface area contributed by atoms with Crippen LogP contribution in [0.25, 0.3) is 0 Å². The van der Waals surface area contributed by atoms with Gasteiger partial charge in [0.1, 0.15) is 5.76 Å². The highest BCUT2D eigenvalue weighted by Gasteiger charge is 2.30. The summed E-state index contributed by atoms with van der Waals surface area (Å²) in [5.41, 5.74) is 3.11. The van der Waals surface area contributed by atoms with E-state index in [1.807, 2.05) is 5.38 Å². The van der Waals surface area contributed by atoms with Crippen molar-refractivity contribution < 1.29 is 23.9 Å². The van der Waals surface area contributed by atoms with E-state index in [9.17, 15) is 9.90 Å². The number of aryl methyl sites for hydroxylation is 1. The number of hydrogen-bond acceptors (Lipinski definition) is 8. The third kappa shape index (κ3) is 3.81. The fourth-order valence-corrected chi connectivity index (χ4v) is 3.09. The zero-order valence-corrected chi connectivity index (χ0v) is 14.0. The SMILES string of the molecule is Cc1onc(C(=O)N[C@@H]2COCC[C@@H]2OCc2cscn2)c1CO. The van der Waals surface area contributed by atoms with Gasteiger partial charge in [-0.15, -0.1) is 11.3 Å². The van der Waals surface area contributed by atoms with E-state index in [0.717, 1.165) is 5.69 Å². The number of aliphatic hydroxyl groups is 1. The first kappa shape index (κ1) is 17.0. The van der Waals surface area contributed by atoms with Crippen molar-refractivity contribution >= 4 is 17.2 Å². The predicted molar refractivity (Wildman–Crippen MR) is 84.5 cm³/mol. The van der Waals surface area contributed by atoms with Crippen molar-refractivity contribution in [2.75, 3.05) is 13.2 Å². The fraction of sp³-hybridized carbons (Fsp3) is 0.533. The summed E-state index contributed by atoms with van der Waals surface area (Å²) in [6, 6.07) is -0.298. The Balaban J connectivity index is 1.63. The molecule has 1 saturated heterocycles. The number of aliphatic hydroxyl groups excluding tert-OH is 1. The molecule has 8 nitrogen and oxygen atoms in total. The van der Waals surface area contributed by atoms with Crippen LogP contribution in [0.4, 0.5) is 0 Å². The number of nitrogens with one attached hydrogen (secondary N) is 1. The van der Waals surface area contributed by atoms with Crippen molar-refractivity contribution in [2.24, 2.45) is 0 Å². The number of thiazole rings is 1. The molecule has 0 saturated carbocycles. The molecule has 1 aliphatic rings. The van der Waals surface area contributed by atoms with E-state index in [4.69, 9.17) is 14.0 Å². The van der Waals surface area contributed by atoms with Gasteiger partial charge in [0.2, 0.25) is 0 Å². The summed E-state index contributed by atoms with van der Waals surface area (Å²) in [5.74, 6) is 0.0209. The molecule has 3 heterocycles. The first-order valence-electron chi connectivity index (χ1n) is 7.62. The molecule has 0 aromatic carbocycles. The molecule has 2 atom stereocenters. The van der Waals surface area contributed by atoms with Crippen molar-refractivity contribution in [1.29, 1.82) is 0 Å². The third-order valence-corrected chi connectivity index (χ3v) is 4.53. The Bertz CT molecular complexity index is 673. The van der Waals surface area contributed by atoms with Crippen molar-refractivity contribution in [3.63, 3.8) is 0 Å². The van der Waals surface area contributed by atoms with Crippen LogP contribution in [0.1, 0.15) is 33.9 Å². The molecule has 9 heteroatoms. The molecule has 1 fully saturated rings. The summed E-state index contributed by atoms with van der Waals surface area (Å²) in [6.07, 6.45) is 0.509. The molecule has 2 aromatic rings. The van der Waals surface area contributed by atoms with Gasteiger partial charge in [0, 0.05) is 12.0 Å². The van der Waals surface area contributed by atoms with Gasteiger partial charge < -0.3 is 24.4 Å². The van der Waals surface area contributed by atoms with Gasteiger partial charge in [0.05, 0.1) is 48.7 Å². The topological polar surface area (TPSA) is 107 Å². The highest BCUT2D eigenvalue weighted by Crippen LogP contribution is 2.17. The highest BCUT2D eigenvalue weighted by atomic mass is 32.1. The standard InChI is InChI=1S/C15H19N3O5S/c1-9-11(4-19)14(18-23-9)15(20)17-12-6-21-3-2-13(12)22-5-10-7-24-8-16-10/h7-8,12-13,19H,2-6H2,1H3,(H,17,20)/t12-,13+/m1/s1. The number of carbonyl (C=O) groups excluding carboxylic acids is 1. The quantitative estimate of drug-likeness (QED) is 0.799. The second kappa shape index (κ2) is 7.84. The van der Waals surface area contributed by atoms with Gasteiger partial charge in [-0.25, -0.2) is 4.98 Å². The molecule has 1 amide bonds. The zero-order chi connectivity index (χ0) is 16.9. The molecule has 0 aliphatic carbocycles. The largest absolute Gasteiger partial charge is 0.391 e. The third-order valence-electron chi connectivity index (χ3n) is 3.90. The van der Waals surface area contributed by atoms with Crippen molar-refractivity contribution in [2.45, 2.75) is 38.7 Å². The van der Waals surface area contributed by atoms with Gasteiger partial charge in [-0.05, 0) is 13.3 Å². The van der Waals surface area contributed by atoms with Gasteiger partial charge in [-0.3, -0.25) is 4.79 Å². The van der Waals surface area contributed by atoms with Gasteiger partial charge in [-0.2, -0.15) is 0 Å². The van der Waals surface area contributed by atoms with E-state index in [-0.39, 0.29) is 24.4 Å². The lowest BCUT2D eigenvalue weighted by atomic mass is 10.1. The summed E-state index contributed by atoms with van der Waals surface area (Å²) in [6.45, 7) is 2.69. The average molecular weight is 353 g/mol. The van der Waals surface area contributed by atoms with Crippen molar-refractivity contribution in [3.8, 4) is 0 Å². The Hall–Kier alpha value is -1.81. The van der Waals surface area contributed by atoms with Crippen LogP contribution in [0.5, 0.6) is 0 Å². The van der Waals surface area contributed by atoms with Crippen LogP contribution >= 0.6 is 11.3 Å². The number of amides is 1. The van der Waals surface area contributed by atoms with E-state index in [1.54, 1.807) is 12.4 Å². The minimum Gasteiger partial charge on any atom is -0.391 e. The number of rotatable bonds is 6. The molecule has 2 N–H and O–H groups in total. The summed E-state index contributed by atoms with van der Waals surface area (Å²) >= 11 is 1.51. The van der Waals surface area contributed by atoms with Crippen LogP contribution in [-0.2, 0) is 22.7 Å². The summed E-state index contributed by atoms with van der Waals surface area (Å²) in [5, 5.41) is 17.9. The molecule has 1 aliphatic heterocycles. The Kier molecular flexibility index (Phi) is 5.56. The maximum Gasteiger partial charge on any atom is 0.274 e. The molecule has 2 aromatic heterocycles. The highest BCUT2D eigenvalue weighted by molar-refractivity contribution is 7.07. The summed E-state index contributed by atoms with van der Waals surface area (Å²) < 4.78 is 16.3. The molecular formula is C15H19N3O5S. The van der Waals surface area contributed by atoms with Gasteiger partial charge in [0.25, 0.3) is 5.91 Å². The number of ether oxygens (including phenoxy) is 2. The molecule has 3 rings (SSSR count). The summed E-state index contributed by atoms with van der Waals surface area (Å²) in [7, 11) is 0. The molecule has 0 radical (unpaired) electrons. The molecule has 130 valence electrons. The van der Waals surface area contributed by atoms with Gasteiger partial charge in [0.15, 0.2) is 5.69 Å². The van der Waals surface area contributed by atoms with Gasteiger partial charge >= 0.3 is 0 Å². The molecular weight excluding hydrogens is 334 g/mol. The van der Waals surface area contributed by atoms with Crippen LogP contribution in [-0.4, -0.2) is 46.5 Å². The Morgan fingerprint density at radius 2 is 2.46 bits per heavy atom. The lowest BCUT2D eigenvalue weighted by Gasteiger charge is -2.31. The van der Waals surface area contributed by atoms with E-state index in [0.29, 0.717) is 37.6 Å². The number of aromatic nitrogens is 2. The first-order valence-corrected chi connectivity index (χ1v) is 8.56. The minimum atomic E-state index is -0.409. The van der Waals surface area contributed by atoms with Crippen LogP contribution in [0.3, 0.4) is 0 Å². The van der Waals surface area contributed by atoms with Crippen LogP contribution in [0.15, 0.2) is 15.4 Å². The Morgan fingerprint density at radius 3 is 3.21 bits per heavy atom. The van der Waals surface area contributed by atoms with E-state index in [2.05, 4.69) is 15.5 Å². The van der Waals surface area contributed by atoms with E-state index < -0.39 is 5.91 Å². The van der Waals surface area contributed by atoms with Gasteiger partial charge in [-0.1, -0.05) is 5.16 Å². The Morgan fingerprint density at radius 1 is 1.58 bits per heavy atom. The second-order valence-corrected chi connectivity index (χ2v) is 6.22. The predicted octanol–water partition coefficient (Wildman–Crippen LogP) is 1.04. The second-order valence-electron chi connectivity index (χ2n) is 5.50. The molecule has 0 spiro atoms. The van der Waals surface area contributed by atoms with E-state index >= 15 is 0 Å². The summed E-state index contributed by atoms with van der Waals surface area (Å²) in [4.78, 5) is 16.6. The molecule has 0 bridgehead atoms. The fourth-order valence-electron chi connectivity index (χ4n) is 2.55. The van der Waals surface area contributed by atoms with E-state index in [1.165, 1.54) is 11.3 Å². The zero-order valence-electron chi connectivity index (χ0n) is 13.2. The van der Waals surface area contributed by atoms with Crippen LogP contribution < -0.4 is 5.32 Å².